The van der Waals surface area contributed by atoms with E-state index >= 15 is 0 Å². The van der Waals surface area contributed by atoms with E-state index in [0.717, 1.165) is 46.9 Å². The first-order chi connectivity index (χ1) is 24.2. The van der Waals surface area contributed by atoms with Gasteiger partial charge < -0.3 is 4.74 Å². The highest BCUT2D eigenvalue weighted by atomic mass is 16.5. The van der Waals surface area contributed by atoms with Crippen molar-refractivity contribution in [2.75, 3.05) is 0 Å². The minimum absolute atomic E-state index is 0.649. The van der Waals surface area contributed by atoms with E-state index in [1.807, 2.05) is 35.3 Å². The van der Waals surface area contributed by atoms with Crippen molar-refractivity contribution < 1.29 is 4.74 Å². The lowest BCUT2D eigenvalue weighted by atomic mass is 9.84. The molecule has 5 heteroatoms. The summed E-state index contributed by atoms with van der Waals surface area (Å²) < 4.78 is 10.8. The van der Waals surface area contributed by atoms with Gasteiger partial charge in [0.15, 0.2) is 0 Å². The molecule has 254 valence electrons. The Hall–Kier alpha value is -5.16. The Morgan fingerprint density at radius 2 is 1.38 bits per heavy atom. The Balaban J connectivity index is 1.24. The van der Waals surface area contributed by atoms with Crippen molar-refractivity contribution in [2.45, 2.75) is 74.1 Å². The van der Waals surface area contributed by atoms with Crippen LogP contribution in [0.5, 0.6) is 11.5 Å². The van der Waals surface area contributed by atoms with Crippen LogP contribution in [-0.2, 0) is 12.8 Å². The maximum Gasteiger partial charge on any atom is 0.137 e. The maximum atomic E-state index is 6.55. The molecule has 5 nitrogen and oxygen atoms in total. The van der Waals surface area contributed by atoms with Crippen LogP contribution >= 0.6 is 0 Å². The van der Waals surface area contributed by atoms with Crippen molar-refractivity contribution in [3.63, 3.8) is 0 Å². The van der Waals surface area contributed by atoms with Gasteiger partial charge in [0.1, 0.15) is 17.3 Å². The molecule has 0 amide bonds. The lowest BCUT2D eigenvalue weighted by Crippen LogP contribution is -2.05. The third-order valence-corrected chi connectivity index (χ3v) is 9.90. The van der Waals surface area contributed by atoms with Crippen LogP contribution in [-0.4, -0.2) is 19.3 Å². The molecule has 0 fully saturated rings. The van der Waals surface area contributed by atoms with E-state index in [4.69, 9.17) is 14.8 Å². The molecule has 0 radical (unpaired) electrons. The third-order valence-electron chi connectivity index (χ3n) is 9.90. The molecule has 50 heavy (non-hydrogen) atoms. The van der Waals surface area contributed by atoms with Crippen LogP contribution in [0.3, 0.4) is 0 Å². The third kappa shape index (κ3) is 6.69. The summed E-state index contributed by atoms with van der Waals surface area (Å²) in [6, 6.07) is 29.6. The molecule has 4 aromatic carbocycles. The van der Waals surface area contributed by atoms with Gasteiger partial charge in [-0.05, 0) is 134 Å². The average Bonchev–Trinajstić information content (AvgIpc) is 3.70. The molecule has 0 aliphatic heterocycles. The van der Waals surface area contributed by atoms with Crippen molar-refractivity contribution in [3.05, 3.63) is 131 Å². The number of rotatable bonds is 11. The Morgan fingerprint density at radius 3 is 2.10 bits per heavy atom. The molecular weight excluding hydrogens is 613 g/mol. The zero-order valence-corrected chi connectivity index (χ0v) is 30.5. The largest absolute Gasteiger partial charge is 0.457 e. The summed E-state index contributed by atoms with van der Waals surface area (Å²) in [6.07, 6.45) is 10.6. The molecule has 0 spiro atoms. The van der Waals surface area contributed by atoms with E-state index in [9.17, 15) is 0 Å². The Bertz CT molecular complexity index is 2270. The van der Waals surface area contributed by atoms with Crippen LogP contribution < -0.4 is 4.74 Å². The number of nitrogens with zero attached hydrogens (tertiary/aromatic N) is 4. The summed E-state index contributed by atoms with van der Waals surface area (Å²) in [5.41, 5.74) is 12.6. The SMILES string of the molecule is Cc1ccnc(-n2c3ccccc3c3ccc(Oc4cccc(-n5cc(-c6c(CCC(C)C)c(C)cc(C)c6CCC(C)C)cn5)c4)cc32)c1. The zero-order valence-electron chi connectivity index (χ0n) is 30.5. The topological polar surface area (TPSA) is 44.9 Å². The van der Waals surface area contributed by atoms with E-state index in [2.05, 4.69) is 126 Å². The molecule has 0 unspecified atom stereocenters. The molecule has 0 aliphatic rings. The Kier molecular flexibility index (Phi) is 9.33. The van der Waals surface area contributed by atoms with Gasteiger partial charge in [0.2, 0.25) is 0 Å². The molecule has 0 aliphatic carbocycles. The second-order valence-electron chi connectivity index (χ2n) is 14.7. The van der Waals surface area contributed by atoms with Crippen molar-refractivity contribution in [1.82, 2.24) is 19.3 Å². The normalized spacial score (nSPS) is 11.8. The van der Waals surface area contributed by atoms with Gasteiger partial charge in [0, 0.05) is 40.9 Å². The van der Waals surface area contributed by atoms with Gasteiger partial charge in [-0.25, -0.2) is 9.67 Å². The predicted molar refractivity (Wildman–Crippen MR) is 208 cm³/mol. The van der Waals surface area contributed by atoms with Crippen LogP contribution in [0.1, 0.15) is 68.4 Å². The molecule has 7 rings (SSSR count). The van der Waals surface area contributed by atoms with Crippen LogP contribution in [0.15, 0.2) is 104 Å². The first-order valence-electron chi connectivity index (χ1n) is 18.1. The van der Waals surface area contributed by atoms with Crippen LogP contribution in [0.25, 0.3) is 44.4 Å². The minimum Gasteiger partial charge on any atom is -0.457 e. The lowest BCUT2D eigenvalue weighted by molar-refractivity contribution is 0.483. The van der Waals surface area contributed by atoms with Crippen molar-refractivity contribution >= 4 is 21.8 Å². The van der Waals surface area contributed by atoms with Gasteiger partial charge in [0.05, 0.1) is 22.9 Å². The lowest BCUT2D eigenvalue weighted by Gasteiger charge is -2.21. The van der Waals surface area contributed by atoms with Gasteiger partial charge in [-0.15, -0.1) is 0 Å². The van der Waals surface area contributed by atoms with E-state index in [1.165, 1.54) is 62.6 Å². The number of aromatic nitrogens is 4. The summed E-state index contributed by atoms with van der Waals surface area (Å²) >= 11 is 0. The summed E-state index contributed by atoms with van der Waals surface area (Å²) in [5.74, 6) is 3.73. The number of para-hydroxylation sites is 1. The first-order valence-corrected chi connectivity index (χ1v) is 18.1. The molecule has 3 aromatic heterocycles. The highest BCUT2D eigenvalue weighted by Gasteiger charge is 2.19. The molecule has 0 N–H and O–H groups in total. The van der Waals surface area contributed by atoms with Crippen LogP contribution in [0, 0.1) is 32.6 Å². The highest BCUT2D eigenvalue weighted by molar-refractivity contribution is 6.09. The smallest absolute Gasteiger partial charge is 0.137 e. The van der Waals surface area contributed by atoms with E-state index < -0.39 is 0 Å². The van der Waals surface area contributed by atoms with Crippen molar-refractivity contribution in [1.29, 1.82) is 0 Å². The van der Waals surface area contributed by atoms with Crippen LogP contribution in [0.2, 0.25) is 0 Å². The fourth-order valence-corrected chi connectivity index (χ4v) is 7.26. The summed E-state index contributed by atoms with van der Waals surface area (Å²) in [7, 11) is 0. The number of benzene rings is 4. The number of ether oxygens (including phenoxy) is 1. The molecule has 3 heterocycles. The Labute approximate surface area is 296 Å². The molecular formula is C45H48N4O. The molecule has 0 bridgehead atoms. The molecule has 7 aromatic rings. The molecule has 0 saturated carbocycles. The van der Waals surface area contributed by atoms with Gasteiger partial charge in [0.25, 0.3) is 0 Å². The summed E-state index contributed by atoms with van der Waals surface area (Å²) in [6.45, 7) is 15.9. The molecule has 0 atom stereocenters. The van der Waals surface area contributed by atoms with Crippen LogP contribution in [0.4, 0.5) is 0 Å². The number of hydrogen-bond acceptors (Lipinski definition) is 3. The highest BCUT2D eigenvalue weighted by Crippen LogP contribution is 2.37. The van der Waals surface area contributed by atoms with E-state index in [1.54, 1.807) is 0 Å². The van der Waals surface area contributed by atoms with E-state index in [-0.39, 0.29) is 0 Å². The fourth-order valence-electron chi connectivity index (χ4n) is 7.26. The van der Waals surface area contributed by atoms with Crippen molar-refractivity contribution in [2.24, 2.45) is 11.8 Å². The number of pyridine rings is 1. The minimum atomic E-state index is 0.649. The van der Waals surface area contributed by atoms with Gasteiger partial charge in [-0.3, -0.25) is 4.57 Å². The van der Waals surface area contributed by atoms with Gasteiger partial charge in [-0.1, -0.05) is 58.0 Å². The monoisotopic (exact) mass is 660 g/mol. The summed E-state index contributed by atoms with van der Waals surface area (Å²) in [4.78, 5) is 4.73. The number of aryl methyl sites for hydroxylation is 3. The molecule has 0 saturated heterocycles. The number of hydrogen-bond donors (Lipinski definition) is 0. The Morgan fingerprint density at radius 1 is 0.680 bits per heavy atom. The quantitative estimate of drug-likeness (QED) is 0.139. The first kappa shape index (κ1) is 33.3. The fraction of sp³-hybridized carbons (Fsp3) is 0.289. The van der Waals surface area contributed by atoms with E-state index in [0.29, 0.717) is 11.8 Å². The van der Waals surface area contributed by atoms with Gasteiger partial charge in [-0.2, -0.15) is 5.10 Å². The van der Waals surface area contributed by atoms with Crippen molar-refractivity contribution in [3.8, 4) is 34.1 Å². The summed E-state index contributed by atoms with van der Waals surface area (Å²) in [5, 5.41) is 7.27. The zero-order chi connectivity index (χ0) is 34.9. The second kappa shape index (κ2) is 14.0. The predicted octanol–water partition coefficient (Wildman–Crippen LogP) is 11.9. The number of fused-ring (bicyclic) bond motifs is 3. The maximum absolute atomic E-state index is 6.55. The second-order valence-corrected chi connectivity index (χ2v) is 14.7. The van der Waals surface area contributed by atoms with Gasteiger partial charge >= 0.3 is 0 Å². The standard InChI is InChI=1S/C45H48N4O/c1-29(2)15-18-38-32(6)24-33(7)39(19-16-30(3)4)45(38)34-27-47-48(28-34)35-11-10-12-36(25-35)50-37-17-20-41-40-13-8-9-14-42(40)49(43(41)26-37)44-23-31(5)21-22-46-44/h8-14,17,20-30H,15-16,18-19H2,1-7H3. The average molecular weight is 661 g/mol.